The van der Waals surface area contributed by atoms with Crippen LogP contribution in [0.2, 0.25) is 0 Å². The third kappa shape index (κ3) is 12.8. The second kappa shape index (κ2) is 16.7. The molecule has 2 rings (SSSR count). The van der Waals surface area contributed by atoms with Crippen molar-refractivity contribution in [3.63, 3.8) is 0 Å². The van der Waals surface area contributed by atoms with E-state index in [2.05, 4.69) is 41.5 Å². The van der Waals surface area contributed by atoms with Gasteiger partial charge in [0.25, 0.3) is 0 Å². The van der Waals surface area contributed by atoms with Crippen molar-refractivity contribution in [3.8, 4) is 0 Å². The maximum absolute atomic E-state index is 6.76. The molecule has 2 saturated heterocycles. The molecular weight excluding hydrogens is 432 g/mol. The average Bonchev–Trinajstić information content (AvgIpc) is 2.74. The van der Waals surface area contributed by atoms with Crippen LogP contribution >= 0.6 is 0 Å². The number of hydrogen-bond acceptors (Lipinski definition) is 3. The summed E-state index contributed by atoms with van der Waals surface area (Å²) >= 11 is 0. The zero-order chi connectivity index (χ0) is 25.6. The van der Waals surface area contributed by atoms with Crippen molar-refractivity contribution >= 4 is 0 Å². The molecule has 0 saturated carbocycles. The third-order valence-corrected chi connectivity index (χ3v) is 8.08. The zero-order valence-corrected chi connectivity index (χ0v) is 24.7. The van der Waals surface area contributed by atoms with E-state index in [1.165, 1.54) is 103 Å². The summed E-state index contributed by atoms with van der Waals surface area (Å²) in [6, 6.07) is 0. The first-order chi connectivity index (χ1) is 16.7. The van der Waals surface area contributed by atoms with Crippen LogP contribution in [0.25, 0.3) is 0 Å². The third-order valence-electron chi connectivity index (χ3n) is 8.08. The van der Waals surface area contributed by atoms with Crippen molar-refractivity contribution in [2.24, 2.45) is 11.8 Å². The summed E-state index contributed by atoms with van der Waals surface area (Å²) in [5.41, 5.74) is 0. The lowest BCUT2D eigenvalue weighted by Crippen LogP contribution is -2.61. The van der Waals surface area contributed by atoms with Crippen molar-refractivity contribution in [1.82, 2.24) is 0 Å². The fourth-order valence-corrected chi connectivity index (χ4v) is 6.15. The molecule has 208 valence electrons. The minimum absolute atomic E-state index is 0.321. The van der Waals surface area contributed by atoms with Gasteiger partial charge in [0, 0.05) is 25.7 Å². The lowest BCUT2D eigenvalue weighted by molar-refractivity contribution is -0.457. The van der Waals surface area contributed by atoms with E-state index >= 15 is 0 Å². The Morgan fingerprint density at radius 2 is 0.829 bits per heavy atom. The Morgan fingerprint density at radius 1 is 0.543 bits per heavy atom. The molecule has 2 fully saturated rings. The topological polar surface area (TPSA) is 27.7 Å². The number of hydrogen-bond donors (Lipinski definition) is 0. The fourth-order valence-electron chi connectivity index (χ4n) is 6.15. The summed E-state index contributed by atoms with van der Waals surface area (Å²) in [6.45, 7) is 13.7. The molecule has 0 N–H and O–H groups in total. The van der Waals surface area contributed by atoms with Gasteiger partial charge in [-0.25, -0.2) is 0 Å². The minimum atomic E-state index is -0.382. The van der Waals surface area contributed by atoms with E-state index < -0.39 is 0 Å². The molecule has 0 aromatic carbocycles. The molecule has 4 unspecified atom stereocenters. The molecule has 0 bridgehead atoms. The molecule has 3 heteroatoms. The van der Waals surface area contributed by atoms with Crippen LogP contribution in [-0.4, -0.2) is 23.8 Å². The lowest BCUT2D eigenvalue weighted by Gasteiger charge is -2.55. The lowest BCUT2D eigenvalue weighted by atomic mass is 9.91. The van der Waals surface area contributed by atoms with E-state index in [9.17, 15) is 0 Å². The number of rotatable bonds is 22. The van der Waals surface area contributed by atoms with E-state index in [-0.39, 0.29) is 11.6 Å². The molecule has 35 heavy (non-hydrogen) atoms. The van der Waals surface area contributed by atoms with Gasteiger partial charge in [0.2, 0.25) is 0 Å². The summed E-state index contributed by atoms with van der Waals surface area (Å²) in [5, 5.41) is 0. The molecule has 0 radical (unpaired) electrons. The second-order valence-corrected chi connectivity index (χ2v) is 13.0. The summed E-state index contributed by atoms with van der Waals surface area (Å²) in [4.78, 5) is 0. The summed E-state index contributed by atoms with van der Waals surface area (Å²) < 4.78 is 19.3. The number of unbranched alkanes of at least 4 members (excludes halogenated alkanes) is 12. The normalized spacial score (nSPS) is 28.5. The monoisotopic (exact) mass is 494 g/mol. The Labute approximate surface area is 219 Å². The van der Waals surface area contributed by atoms with Crippen molar-refractivity contribution in [2.75, 3.05) is 0 Å². The van der Waals surface area contributed by atoms with Crippen LogP contribution in [0.5, 0.6) is 0 Å². The van der Waals surface area contributed by atoms with Gasteiger partial charge in [0.15, 0.2) is 11.6 Å². The first kappa shape index (κ1) is 31.1. The molecule has 0 aromatic rings. The van der Waals surface area contributed by atoms with Crippen LogP contribution in [0.1, 0.15) is 170 Å². The summed E-state index contributed by atoms with van der Waals surface area (Å²) in [7, 11) is 0. The summed E-state index contributed by atoms with van der Waals surface area (Å²) in [6.07, 6.45) is 26.4. The van der Waals surface area contributed by atoms with Gasteiger partial charge in [-0.1, -0.05) is 118 Å². The first-order valence-electron chi connectivity index (χ1n) is 15.8. The van der Waals surface area contributed by atoms with Gasteiger partial charge in [0.1, 0.15) is 0 Å². The molecule has 2 aliphatic heterocycles. The quantitative estimate of drug-likeness (QED) is 0.140. The van der Waals surface area contributed by atoms with Crippen molar-refractivity contribution < 1.29 is 14.2 Å². The molecule has 0 aliphatic carbocycles. The smallest absolute Gasteiger partial charge is 0.174 e. The van der Waals surface area contributed by atoms with Crippen LogP contribution in [0.3, 0.4) is 0 Å². The van der Waals surface area contributed by atoms with Gasteiger partial charge in [0.05, 0.1) is 12.2 Å². The molecule has 2 heterocycles. The van der Waals surface area contributed by atoms with E-state index in [0.717, 1.165) is 37.5 Å². The molecule has 4 atom stereocenters. The Hall–Kier alpha value is -0.120. The second-order valence-electron chi connectivity index (χ2n) is 13.0. The Balaban J connectivity index is 1.61. The van der Waals surface area contributed by atoms with Gasteiger partial charge in [-0.05, 0) is 38.5 Å². The van der Waals surface area contributed by atoms with E-state index in [1.807, 2.05) is 0 Å². The maximum Gasteiger partial charge on any atom is 0.174 e. The van der Waals surface area contributed by atoms with Gasteiger partial charge < -0.3 is 14.2 Å². The first-order valence-corrected chi connectivity index (χ1v) is 15.8. The number of ether oxygens (including phenoxy) is 3. The molecule has 0 spiro atoms. The highest BCUT2D eigenvalue weighted by atomic mass is 16.8. The van der Waals surface area contributed by atoms with Gasteiger partial charge in [-0.2, -0.15) is 0 Å². The maximum atomic E-state index is 6.76. The predicted octanol–water partition coefficient (Wildman–Crippen LogP) is 10.3. The van der Waals surface area contributed by atoms with E-state index in [0.29, 0.717) is 12.2 Å². The zero-order valence-electron chi connectivity index (χ0n) is 24.7. The molecule has 0 aromatic heterocycles. The highest BCUT2D eigenvalue weighted by Crippen LogP contribution is 2.48. The van der Waals surface area contributed by atoms with Crippen LogP contribution in [0.15, 0.2) is 0 Å². The van der Waals surface area contributed by atoms with Gasteiger partial charge in [-0.3, -0.25) is 0 Å². The van der Waals surface area contributed by atoms with Crippen molar-refractivity contribution in [2.45, 2.75) is 194 Å². The summed E-state index contributed by atoms with van der Waals surface area (Å²) in [5.74, 6) is 0.943. The van der Waals surface area contributed by atoms with E-state index in [1.54, 1.807) is 0 Å². The van der Waals surface area contributed by atoms with Crippen molar-refractivity contribution in [1.29, 1.82) is 0 Å². The average molecular weight is 495 g/mol. The Bertz CT molecular complexity index is 471. The SMILES string of the molecule is CC(C)CCCCCCCCCC1(OC2(CCCCCCCCCC(C)C)CC(C)O2)CC(C)O1. The molecule has 2 aliphatic rings. The van der Waals surface area contributed by atoms with Gasteiger partial charge >= 0.3 is 0 Å². The minimum Gasteiger partial charge on any atom is -0.347 e. The highest BCUT2D eigenvalue weighted by Gasteiger charge is 2.54. The van der Waals surface area contributed by atoms with Crippen LogP contribution in [0, 0.1) is 11.8 Å². The van der Waals surface area contributed by atoms with Crippen LogP contribution in [-0.2, 0) is 14.2 Å². The van der Waals surface area contributed by atoms with Gasteiger partial charge in [-0.15, -0.1) is 0 Å². The van der Waals surface area contributed by atoms with E-state index in [4.69, 9.17) is 14.2 Å². The highest BCUT2D eigenvalue weighted by molar-refractivity contribution is 4.91. The predicted molar refractivity (Wildman–Crippen MR) is 150 cm³/mol. The molecular formula is C32H62O3. The largest absolute Gasteiger partial charge is 0.347 e. The Morgan fingerprint density at radius 3 is 1.11 bits per heavy atom. The molecule has 3 nitrogen and oxygen atoms in total. The standard InChI is InChI=1S/C32H62O3/c1-27(2)21-17-13-9-7-11-15-19-23-31(25-29(5)33-31)35-32(26-30(6)34-32)24-20-16-12-8-10-14-18-22-28(3)4/h27-30H,7-26H2,1-6H3. The van der Waals surface area contributed by atoms with Crippen LogP contribution in [0.4, 0.5) is 0 Å². The van der Waals surface area contributed by atoms with Crippen LogP contribution < -0.4 is 0 Å². The Kier molecular flexibility index (Phi) is 14.8. The molecule has 0 amide bonds. The van der Waals surface area contributed by atoms with Crippen molar-refractivity contribution in [3.05, 3.63) is 0 Å². The fraction of sp³-hybridized carbons (Fsp3) is 1.00.